The molecular formula is C13H20Cl2N2. The van der Waals surface area contributed by atoms with E-state index >= 15 is 0 Å². The highest BCUT2D eigenvalue weighted by molar-refractivity contribution is 6.34. The smallest absolute Gasteiger partial charge is 0.0760 e. The van der Waals surface area contributed by atoms with Crippen molar-refractivity contribution in [2.45, 2.75) is 39.7 Å². The zero-order valence-corrected chi connectivity index (χ0v) is 12.1. The number of rotatable bonds is 6. The van der Waals surface area contributed by atoms with Crippen LogP contribution in [0.1, 0.15) is 45.3 Å². The van der Waals surface area contributed by atoms with E-state index in [1.54, 1.807) is 12.3 Å². The molecule has 2 nitrogen and oxygen atoms in total. The molecule has 1 N–H and O–H groups in total. The average molecular weight is 275 g/mol. The van der Waals surface area contributed by atoms with Crippen LogP contribution < -0.4 is 5.32 Å². The number of aromatic nitrogens is 1. The van der Waals surface area contributed by atoms with E-state index in [0.717, 1.165) is 25.1 Å². The predicted molar refractivity (Wildman–Crippen MR) is 74.7 cm³/mol. The Hall–Kier alpha value is -0.310. The van der Waals surface area contributed by atoms with Crippen LogP contribution in [0.4, 0.5) is 0 Å². The van der Waals surface area contributed by atoms with Crippen molar-refractivity contribution >= 4 is 23.2 Å². The Morgan fingerprint density at radius 1 is 1.29 bits per heavy atom. The molecule has 1 unspecified atom stereocenters. The third kappa shape index (κ3) is 4.82. The highest BCUT2D eigenvalue weighted by Crippen LogP contribution is 2.27. The molecule has 1 atom stereocenters. The van der Waals surface area contributed by atoms with Crippen LogP contribution >= 0.6 is 23.2 Å². The normalized spacial score (nSPS) is 13.1. The molecule has 0 aliphatic heterocycles. The lowest BCUT2D eigenvalue weighted by atomic mass is 10.0. The van der Waals surface area contributed by atoms with E-state index in [0.29, 0.717) is 16.0 Å². The fourth-order valence-electron chi connectivity index (χ4n) is 1.76. The minimum atomic E-state index is 0.215. The maximum absolute atomic E-state index is 6.19. The van der Waals surface area contributed by atoms with Crippen molar-refractivity contribution in [1.82, 2.24) is 10.3 Å². The molecular weight excluding hydrogens is 255 g/mol. The Kier molecular flexibility index (Phi) is 6.24. The first-order valence-corrected chi connectivity index (χ1v) is 6.84. The molecule has 1 aromatic rings. The van der Waals surface area contributed by atoms with E-state index in [1.165, 1.54) is 0 Å². The van der Waals surface area contributed by atoms with E-state index in [-0.39, 0.29) is 6.04 Å². The lowest BCUT2D eigenvalue weighted by Gasteiger charge is -2.19. The van der Waals surface area contributed by atoms with E-state index in [1.807, 2.05) is 0 Å². The van der Waals surface area contributed by atoms with Crippen LogP contribution in [0, 0.1) is 5.92 Å². The molecule has 0 aromatic carbocycles. The highest BCUT2D eigenvalue weighted by Gasteiger charge is 2.16. The SMILES string of the molecule is CCNC(CCC(C)C)c1ncc(Cl)cc1Cl. The standard InChI is InChI=1S/C13H20Cl2N2/c1-4-16-12(6-5-9(2)3)13-11(15)7-10(14)8-17-13/h7-9,12,16H,4-6H2,1-3H3. The predicted octanol–water partition coefficient (Wildman–Crippen LogP) is 4.48. The van der Waals surface area contributed by atoms with Crippen molar-refractivity contribution in [3.63, 3.8) is 0 Å². The quantitative estimate of drug-likeness (QED) is 0.828. The van der Waals surface area contributed by atoms with Gasteiger partial charge in [-0.05, 0) is 31.4 Å². The molecule has 0 aliphatic carbocycles. The minimum absolute atomic E-state index is 0.215. The van der Waals surface area contributed by atoms with Gasteiger partial charge in [0.15, 0.2) is 0 Å². The third-order valence-electron chi connectivity index (χ3n) is 2.65. The van der Waals surface area contributed by atoms with Crippen molar-refractivity contribution < 1.29 is 0 Å². The number of nitrogens with one attached hydrogen (secondary N) is 1. The molecule has 0 amide bonds. The summed E-state index contributed by atoms with van der Waals surface area (Å²) in [5.74, 6) is 0.683. The van der Waals surface area contributed by atoms with Crippen LogP contribution in [0.15, 0.2) is 12.3 Å². The van der Waals surface area contributed by atoms with Gasteiger partial charge in [0, 0.05) is 6.20 Å². The number of pyridine rings is 1. The Morgan fingerprint density at radius 2 is 2.00 bits per heavy atom. The first kappa shape index (κ1) is 14.7. The molecule has 0 bridgehead atoms. The van der Waals surface area contributed by atoms with Crippen LogP contribution in [-0.2, 0) is 0 Å². The van der Waals surface area contributed by atoms with E-state index in [9.17, 15) is 0 Å². The van der Waals surface area contributed by atoms with Gasteiger partial charge in [0.2, 0.25) is 0 Å². The van der Waals surface area contributed by atoms with Gasteiger partial charge >= 0.3 is 0 Å². The van der Waals surface area contributed by atoms with Gasteiger partial charge in [-0.3, -0.25) is 4.98 Å². The zero-order chi connectivity index (χ0) is 12.8. The second-order valence-corrected chi connectivity index (χ2v) is 5.45. The Bertz CT molecular complexity index is 353. The van der Waals surface area contributed by atoms with Crippen LogP contribution in [0.5, 0.6) is 0 Å². The van der Waals surface area contributed by atoms with Crippen molar-refractivity contribution in [1.29, 1.82) is 0 Å². The van der Waals surface area contributed by atoms with Gasteiger partial charge in [-0.25, -0.2) is 0 Å². The third-order valence-corrected chi connectivity index (χ3v) is 3.16. The van der Waals surface area contributed by atoms with Crippen molar-refractivity contribution in [2.75, 3.05) is 6.54 Å². The Balaban J connectivity index is 2.81. The molecule has 1 rings (SSSR count). The minimum Gasteiger partial charge on any atom is -0.309 e. The molecule has 0 fully saturated rings. The van der Waals surface area contributed by atoms with Gasteiger partial charge in [0.25, 0.3) is 0 Å². The lowest BCUT2D eigenvalue weighted by Crippen LogP contribution is -2.22. The van der Waals surface area contributed by atoms with E-state index < -0.39 is 0 Å². The van der Waals surface area contributed by atoms with Crippen LogP contribution in [0.25, 0.3) is 0 Å². The first-order valence-electron chi connectivity index (χ1n) is 6.09. The van der Waals surface area contributed by atoms with E-state index in [4.69, 9.17) is 23.2 Å². The molecule has 1 aromatic heterocycles. The molecule has 0 spiro atoms. The zero-order valence-electron chi connectivity index (χ0n) is 10.6. The largest absolute Gasteiger partial charge is 0.309 e. The summed E-state index contributed by atoms with van der Waals surface area (Å²) in [6.45, 7) is 7.44. The first-order chi connectivity index (χ1) is 8.04. The summed E-state index contributed by atoms with van der Waals surface area (Å²) in [5.41, 5.74) is 0.901. The summed E-state index contributed by atoms with van der Waals surface area (Å²) in [5, 5.41) is 4.65. The lowest BCUT2D eigenvalue weighted by molar-refractivity contribution is 0.442. The summed E-state index contributed by atoms with van der Waals surface area (Å²) in [7, 11) is 0. The number of halogens is 2. The van der Waals surface area contributed by atoms with Crippen LogP contribution in [0.3, 0.4) is 0 Å². The summed E-state index contributed by atoms with van der Waals surface area (Å²) < 4.78 is 0. The topological polar surface area (TPSA) is 24.9 Å². The van der Waals surface area contributed by atoms with Gasteiger partial charge in [0.05, 0.1) is 21.8 Å². The van der Waals surface area contributed by atoms with Gasteiger partial charge in [-0.2, -0.15) is 0 Å². The fraction of sp³-hybridized carbons (Fsp3) is 0.615. The molecule has 0 aliphatic rings. The molecule has 4 heteroatoms. The number of hydrogen-bond acceptors (Lipinski definition) is 2. The second kappa shape index (κ2) is 7.20. The summed E-state index contributed by atoms with van der Waals surface area (Å²) >= 11 is 12.0. The Morgan fingerprint density at radius 3 is 2.53 bits per heavy atom. The van der Waals surface area contributed by atoms with Gasteiger partial charge in [-0.15, -0.1) is 0 Å². The van der Waals surface area contributed by atoms with Gasteiger partial charge in [-0.1, -0.05) is 44.0 Å². The monoisotopic (exact) mass is 274 g/mol. The van der Waals surface area contributed by atoms with Crippen LogP contribution in [-0.4, -0.2) is 11.5 Å². The summed E-state index contributed by atoms with van der Waals surface area (Å²) in [6.07, 6.45) is 3.85. The molecule has 1 heterocycles. The number of nitrogens with zero attached hydrogens (tertiary/aromatic N) is 1. The highest BCUT2D eigenvalue weighted by atomic mass is 35.5. The Labute approximate surface area is 114 Å². The average Bonchev–Trinajstić information content (AvgIpc) is 2.24. The van der Waals surface area contributed by atoms with Crippen molar-refractivity contribution in [3.05, 3.63) is 28.0 Å². The van der Waals surface area contributed by atoms with E-state index in [2.05, 4.69) is 31.1 Å². The molecule has 17 heavy (non-hydrogen) atoms. The van der Waals surface area contributed by atoms with Gasteiger partial charge < -0.3 is 5.32 Å². The summed E-state index contributed by atoms with van der Waals surface area (Å²) in [6, 6.07) is 1.97. The summed E-state index contributed by atoms with van der Waals surface area (Å²) in [4.78, 5) is 4.35. The maximum Gasteiger partial charge on any atom is 0.0760 e. The fourth-order valence-corrected chi connectivity index (χ4v) is 2.28. The molecule has 0 radical (unpaired) electrons. The van der Waals surface area contributed by atoms with Crippen LogP contribution in [0.2, 0.25) is 10.0 Å². The van der Waals surface area contributed by atoms with Crippen molar-refractivity contribution in [2.24, 2.45) is 5.92 Å². The molecule has 0 saturated heterocycles. The number of hydrogen-bond donors (Lipinski definition) is 1. The molecule has 96 valence electrons. The maximum atomic E-state index is 6.19. The van der Waals surface area contributed by atoms with Crippen molar-refractivity contribution in [3.8, 4) is 0 Å². The molecule has 0 saturated carbocycles. The van der Waals surface area contributed by atoms with Gasteiger partial charge in [0.1, 0.15) is 0 Å². The second-order valence-electron chi connectivity index (χ2n) is 4.60.